The summed E-state index contributed by atoms with van der Waals surface area (Å²) in [6, 6.07) is 8.91. The first kappa shape index (κ1) is 17.4. The molecular weight excluding hydrogens is 262 g/mol. The third-order valence-electron chi connectivity index (χ3n) is 3.87. The summed E-state index contributed by atoms with van der Waals surface area (Å²) in [5.41, 5.74) is 2.71. The van der Waals surface area contributed by atoms with Crippen LogP contribution in [0.5, 0.6) is 0 Å². The van der Waals surface area contributed by atoms with Crippen LogP contribution in [0.25, 0.3) is 0 Å². The molecule has 1 rings (SSSR count). The van der Waals surface area contributed by atoms with E-state index in [1.807, 2.05) is 0 Å². The van der Waals surface area contributed by atoms with Crippen molar-refractivity contribution in [3.63, 3.8) is 0 Å². The van der Waals surface area contributed by atoms with Crippen molar-refractivity contribution < 1.29 is 0 Å². The second-order valence-corrected chi connectivity index (χ2v) is 6.06. The van der Waals surface area contributed by atoms with Gasteiger partial charge in [0.05, 0.1) is 0 Å². The van der Waals surface area contributed by atoms with Gasteiger partial charge in [-0.15, -0.1) is 0 Å². The largest absolute Gasteiger partial charge is 0.372 e. The third kappa shape index (κ3) is 7.23. The Balaban J connectivity index is 2.14. The van der Waals surface area contributed by atoms with Gasteiger partial charge in [-0.05, 0) is 44.6 Å². The normalized spacial score (nSPS) is 10.8. The van der Waals surface area contributed by atoms with E-state index >= 15 is 0 Å². The molecule has 0 fully saturated rings. The van der Waals surface area contributed by atoms with Crippen molar-refractivity contribution in [2.24, 2.45) is 0 Å². The SMILES string of the molecule is CCN(CCCCCCCCCS)c1ccc(C)cc1. The lowest BCUT2D eigenvalue weighted by molar-refractivity contribution is 0.586. The molecule has 0 heterocycles. The number of benzene rings is 1. The smallest absolute Gasteiger partial charge is 0.0366 e. The minimum Gasteiger partial charge on any atom is -0.372 e. The number of hydrogen-bond donors (Lipinski definition) is 1. The quantitative estimate of drug-likeness (QED) is 0.417. The summed E-state index contributed by atoms with van der Waals surface area (Å²) >= 11 is 4.25. The Bertz CT molecular complexity index is 334. The third-order valence-corrected chi connectivity index (χ3v) is 4.18. The van der Waals surface area contributed by atoms with Crippen molar-refractivity contribution in [1.29, 1.82) is 0 Å². The molecule has 0 bridgehead atoms. The number of hydrogen-bond acceptors (Lipinski definition) is 2. The number of rotatable bonds is 11. The lowest BCUT2D eigenvalue weighted by atomic mass is 10.1. The number of thiol groups is 1. The molecule has 0 atom stereocenters. The van der Waals surface area contributed by atoms with Gasteiger partial charge in [-0.1, -0.05) is 49.8 Å². The van der Waals surface area contributed by atoms with E-state index in [1.54, 1.807) is 0 Å². The molecule has 1 aromatic rings. The Labute approximate surface area is 131 Å². The Morgan fingerprint density at radius 1 is 0.850 bits per heavy atom. The maximum absolute atomic E-state index is 4.25. The van der Waals surface area contributed by atoms with Gasteiger partial charge in [0.25, 0.3) is 0 Å². The zero-order valence-corrected chi connectivity index (χ0v) is 14.2. The fraction of sp³-hybridized carbons (Fsp3) is 0.667. The monoisotopic (exact) mass is 293 g/mol. The molecule has 20 heavy (non-hydrogen) atoms. The number of unbranched alkanes of at least 4 members (excludes halogenated alkanes) is 6. The van der Waals surface area contributed by atoms with Gasteiger partial charge in [0.2, 0.25) is 0 Å². The van der Waals surface area contributed by atoms with E-state index in [1.165, 1.54) is 62.7 Å². The van der Waals surface area contributed by atoms with Gasteiger partial charge in [-0.3, -0.25) is 0 Å². The van der Waals surface area contributed by atoms with Gasteiger partial charge in [0, 0.05) is 18.8 Å². The van der Waals surface area contributed by atoms with Crippen LogP contribution in [0.2, 0.25) is 0 Å². The molecule has 1 nitrogen and oxygen atoms in total. The summed E-state index contributed by atoms with van der Waals surface area (Å²) in [4.78, 5) is 2.49. The van der Waals surface area contributed by atoms with Gasteiger partial charge >= 0.3 is 0 Å². The van der Waals surface area contributed by atoms with Crippen LogP contribution in [0.3, 0.4) is 0 Å². The Hall–Kier alpha value is -0.630. The first-order chi connectivity index (χ1) is 9.77. The van der Waals surface area contributed by atoms with E-state index in [0.29, 0.717) is 0 Å². The number of anilines is 1. The molecule has 0 spiro atoms. The van der Waals surface area contributed by atoms with Crippen LogP contribution >= 0.6 is 12.6 Å². The standard InChI is InChI=1S/C18H31NS/c1-3-19(18-13-11-17(2)12-14-18)15-9-7-5-4-6-8-10-16-20/h11-14,20H,3-10,15-16H2,1-2H3. The molecule has 0 aliphatic carbocycles. The average Bonchev–Trinajstić information content (AvgIpc) is 2.47. The summed E-state index contributed by atoms with van der Waals surface area (Å²) in [5.74, 6) is 1.04. The van der Waals surface area contributed by atoms with Crippen LogP contribution < -0.4 is 4.90 Å². The topological polar surface area (TPSA) is 3.24 Å². The van der Waals surface area contributed by atoms with Crippen LogP contribution in [-0.4, -0.2) is 18.8 Å². The van der Waals surface area contributed by atoms with Crippen LogP contribution in [0.4, 0.5) is 5.69 Å². The van der Waals surface area contributed by atoms with Crippen molar-refractivity contribution in [3.05, 3.63) is 29.8 Å². The molecule has 2 heteroatoms. The maximum Gasteiger partial charge on any atom is 0.0366 e. The van der Waals surface area contributed by atoms with Crippen molar-refractivity contribution >= 4 is 18.3 Å². The van der Waals surface area contributed by atoms with Crippen LogP contribution in [-0.2, 0) is 0 Å². The molecule has 0 aromatic heterocycles. The minimum absolute atomic E-state index is 1.04. The van der Waals surface area contributed by atoms with Gasteiger partial charge < -0.3 is 4.90 Å². The van der Waals surface area contributed by atoms with Gasteiger partial charge in [-0.2, -0.15) is 12.6 Å². The van der Waals surface area contributed by atoms with Crippen molar-refractivity contribution in [2.45, 2.75) is 58.8 Å². The van der Waals surface area contributed by atoms with E-state index in [-0.39, 0.29) is 0 Å². The number of aryl methyl sites for hydroxylation is 1. The Morgan fingerprint density at radius 3 is 1.95 bits per heavy atom. The molecule has 0 aliphatic heterocycles. The van der Waals surface area contributed by atoms with Crippen LogP contribution in [0, 0.1) is 6.92 Å². The predicted molar refractivity (Wildman–Crippen MR) is 95.2 cm³/mol. The second kappa shape index (κ2) is 11.1. The summed E-state index contributed by atoms with van der Waals surface area (Å²) in [7, 11) is 0. The number of nitrogens with zero attached hydrogens (tertiary/aromatic N) is 1. The van der Waals surface area contributed by atoms with Crippen LogP contribution in [0.15, 0.2) is 24.3 Å². The fourth-order valence-electron chi connectivity index (χ4n) is 2.52. The molecule has 1 aromatic carbocycles. The van der Waals surface area contributed by atoms with Gasteiger partial charge in [0.1, 0.15) is 0 Å². The zero-order chi connectivity index (χ0) is 14.6. The molecule has 0 unspecified atom stereocenters. The fourth-order valence-corrected chi connectivity index (χ4v) is 2.75. The predicted octanol–water partition coefficient (Wildman–Crippen LogP) is 5.48. The van der Waals surface area contributed by atoms with E-state index in [9.17, 15) is 0 Å². The molecule has 0 saturated carbocycles. The second-order valence-electron chi connectivity index (χ2n) is 5.61. The lowest BCUT2D eigenvalue weighted by Gasteiger charge is -2.23. The molecule has 114 valence electrons. The van der Waals surface area contributed by atoms with E-state index in [2.05, 4.69) is 55.6 Å². The molecular formula is C18H31NS. The highest BCUT2D eigenvalue weighted by atomic mass is 32.1. The minimum atomic E-state index is 1.04. The van der Waals surface area contributed by atoms with Crippen molar-refractivity contribution in [2.75, 3.05) is 23.7 Å². The van der Waals surface area contributed by atoms with E-state index in [0.717, 1.165) is 12.3 Å². The maximum atomic E-state index is 4.25. The van der Waals surface area contributed by atoms with Gasteiger partial charge in [0.15, 0.2) is 0 Å². The highest BCUT2D eigenvalue weighted by Gasteiger charge is 2.03. The highest BCUT2D eigenvalue weighted by Crippen LogP contribution is 2.16. The highest BCUT2D eigenvalue weighted by molar-refractivity contribution is 7.80. The summed E-state index contributed by atoms with van der Waals surface area (Å²) in [6.07, 6.45) is 9.48. The molecule has 0 amide bonds. The molecule has 0 aliphatic rings. The Morgan fingerprint density at radius 2 is 1.40 bits per heavy atom. The average molecular weight is 294 g/mol. The zero-order valence-electron chi connectivity index (χ0n) is 13.3. The molecule has 0 N–H and O–H groups in total. The summed E-state index contributed by atoms with van der Waals surface area (Å²) in [5, 5.41) is 0. The summed E-state index contributed by atoms with van der Waals surface area (Å²) in [6.45, 7) is 6.69. The first-order valence-electron chi connectivity index (χ1n) is 8.20. The van der Waals surface area contributed by atoms with Gasteiger partial charge in [-0.25, -0.2) is 0 Å². The van der Waals surface area contributed by atoms with E-state index < -0.39 is 0 Å². The summed E-state index contributed by atoms with van der Waals surface area (Å²) < 4.78 is 0. The Kier molecular flexibility index (Phi) is 9.65. The van der Waals surface area contributed by atoms with Crippen molar-refractivity contribution in [1.82, 2.24) is 0 Å². The molecule has 0 radical (unpaired) electrons. The first-order valence-corrected chi connectivity index (χ1v) is 8.83. The molecule has 0 saturated heterocycles. The van der Waals surface area contributed by atoms with E-state index in [4.69, 9.17) is 0 Å². The van der Waals surface area contributed by atoms with Crippen molar-refractivity contribution in [3.8, 4) is 0 Å². The van der Waals surface area contributed by atoms with Crippen LogP contribution in [0.1, 0.15) is 57.4 Å². The lowest BCUT2D eigenvalue weighted by Crippen LogP contribution is -2.23.